The Labute approximate surface area is 146 Å². The van der Waals surface area contributed by atoms with Crippen molar-refractivity contribution in [2.24, 2.45) is 5.41 Å². The molecule has 6 heteroatoms. The van der Waals surface area contributed by atoms with Gasteiger partial charge < -0.3 is 9.47 Å². The van der Waals surface area contributed by atoms with Crippen LogP contribution < -0.4 is 0 Å². The number of likely N-dealkylation sites (tertiary alicyclic amines) is 1. The van der Waals surface area contributed by atoms with E-state index in [1.165, 1.54) is 6.07 Å². The van der Waals surface area contributed by atoms with Crippen molar-refractivity contribution in [1.82, 2.24) is 19.7 Å². The molecule has 1 aliphatic heterocycles. The van der Waals surface area contributed by atoms with Gasteiger partial charge in [-0.3, -0.25) is 4.79 Å². The summed E-state index contributed by atoms with van der Waals surface area (Å²) in [6.07, 6.45) is 5.90. The van der Waals surface area contributed by atoms with Crippen molar-refractivity contribution >= 4 is 5.91 Å². The molecule has 1 atom stereocenters. The van der Waals surface area contributed by atoms with Gasteiger partial charge in [0.05, 0.1) is 5.41 Å². The van der Waals surface area contributed by atoms with Crippen molar-refractivity contribution in [2.75, 3.05) is 13.1 Å². The number of piperidine rings is 1. The Balaban J connectivity index is 1.55. The summed E-state index contributed by atoms with van der Waals surface area (Å²) in [5, 5.41) is 7.72. The number of carbonyl (C=O) groups excluding carboxylic acids is 1. The van der Waals surface area contributed by atoms with Crippen molar-refractivity contribution in [2.45, 2.75) is 44.6 Å². The van der Waals surface area contributed by atoms with E-state index in [0.29, 0.717) is 31.1 Å². The molecule has 0 bridgehead atoms. The van der Waals surface area contributed by atoms with Gasteiger partial charge in [0, 0.05) is 24.7 Å². The van der Waals surface area contributed by atoms with Gasteiger partial charge in [-0.05, 0) is 30.7 Å². The molecule has 0 spiro atoms. The van der Waals surface area contributed by atoms with Gasteiger partial charge in [0.15, 0.2) is 0 Å². The fourth-order valence-corrected chi connectivity index (χ4v) is 4.40. The molecule has 2 aromatic rings. The van der Waals surface area contributed by atoms with Gasteiger partial charge in [-0.2, -0.15) is 0 Å². The predicted octanol–water partition coefficient (Wildman–Crippen LogP) is 2.95. The van der Waals surface area contributed by atoms with Crippen LogP contribution in [-0.4, -0.2) is 38.7 Å². The van der Waals surface area contributed by atoms with Gasteiger partial charge >= 0.3 is 0 Å². The molecular formula is C19H23FN4O. The summed E-state index contributed by atoms with van der Waals surface area (Å²) in [7, 11) is 0. The zero-order valence-corrected chi connectivity index (χ0v) is 14.7. The lowest BCUT2D eigenvalue weighted by Gasteiger charge is -2.36. The summed E-state index contributed by atoms with van der Waals surface area (Å²) in [5.74, 6) is -0.203. The molecule has 2 fully saturated rings. The Kier molecular flexibility index (Phi) is 3.67. The van der Waals surface area contributed by atoms with Crippen molar-refractivity contribution in [1.29, 1.82) is 0 Å². The fraction of sp³-hybridized carbons (Fsp3) is 0.526. The van der Waals surface area contributed by atoms with E-state index in [2.05, 4.69) is 24.0 Å². The van der Waals surface area contributed by atoms with Crippen LogP contribution in [-0.2, 0) is 10.2 Å². The van der Waals surface area contributed by atoms with Crippen molar-refractivity contribution < 1.29 is 9.18 Å². The van der Waals surface area contributed by atoms with Crippen LogP contribution in [0, 0.1) is 11.2 Å². The first-order valence-corrected chi connectivity index (χ1v) is 8.84. The molecule has 2 heterocycles. The van der Waals surface area contributed by atoms with Crippen LogP contribution in [0.25, 0.3) is 0 Å². The monoisotopic (exact) mass is 342 g/mol. The lowest BCUT2D eigenvalue weighted by Crippen LogP contribution is -2.46. The standard InChI is InChI=1S/C19H23FN4O/c1-18(2)11-19(18,15-5-3-4-6-16(15)20)17(25)23-9-7-14(8-10-23)24-12-21-22-13-24/h3-6,12-14H,7-11H2,1-2H3. The average Bonchev–Trinajstić information content (AvgIpc) is 2.98. The zero-order valence-electron chi connectivity index (χ0n) is 14.7. The molecule has 1 aliphatic carbocycles. The molecule has 1 saturated heterocycles. The van der Waals surface area contributed by atoms with E-state index >= 15 is 0 Å². The quantitative estimate of drug-likeness (QED) is 0.862. The van der Waals surface area contributed by atoms with E-state index in [1.807, 2.05) is 15.5 Å². The Morgan fingerprint density at radius 3 is 2.32 bits per heavy atom. The first kappa shape index (κ1) is 16.2. The highest BCUT2D eigenvalue weighted by molar-refractivity contribution is 5.93. The predicted molar refractivity (Wildman–Crippen MR) is 91.3 cm³/mol. The van der Waals surface area contributed by atoms with Gasteiger partial charge in [-0.25, -0.2) is 4.39 Å². The van der Waals surface area contributed by atoms with Crippen LogP contribution in [0.3, 0.4) is 0 Å². The van der Waals surface area contributed by atoms with Crippen LogP contribution in [0.4, 0.5) is 4.39 Å². The highest BCUT2D eigenvalue weighted by atomic mass is 19.1. The number of rotatable bonds is 3. The molecule has 4 rings (SSSR count). The van der Waals surface area contributed by atoms with E-state index in [1.54, 1.807) is 24.8 Å². The number of nitrogens with zero attached hydrogens (tertiary/aromatic N) is 4. The van der Waals surface area contributed by atoms with E-state index < -0.39 is 5.41 Å². The van der Waals surface area contributed by atoms with E-state index in [9.17, 15) is 9.18 Å². The molecule has 0 radical (unpaired) electrons. The lowest BCUT2D eigenvalue weighted by molar-refractivity contribution is -0.136. The third-order valence-electron chi connectivity index (χ3n) is 6.05. The van der Waals surface area contributed by atoms with Gasteiger partial charge in [0.1, 0.15) is 18.5 Å². The molecule has 25 heavy (non-hydrogen) atoms. The van der Waals surface area contributed by atoms with Gasteiger partial charge in [-0.15, -0.1) is 10.2 Å². The first-order valence-electron chi connectivity index (χ1n) is 8.84. The second kappa shape index (κ2) is 5.64. The summed E-state index contributed by atoms with van der Waals surface area (Å²) in [5.41, 5.74) is -0.384. The minimum absolute atomic E-state index is 0.0739. The fourth-order valence-electron chi connectivity index (χ4n) is 4.40. The Hall–Kier alpha value is -2.24. The van der Waals surface area contributed by atoms with Gasteiger partial charge in [-0.1, -0.05) is 32.0 Å². The SMILES string of the molecule is CC1(C)CC1(C(=O)N1CCC(n2cnnc2)CC1)c1ccccc1F. The van der Waals surface area contributed by atoms with E-state index in [0.717, 1.165) is 12.8 Å². The minimum atomic E-state index is -0.720. The number of hydrogen-bond acceptors (Lipinski definition) is 3. The summed E-state index contributed by atoms with van der Waals surface area (Å²) >= 11 is 0. The van der Waals surface area contributed by atoms with Gasteiger partial charge in [0.25, 0.3) is 0 Å². The van der Waals surface area contributed by atoms with Crippen LogP contribution in [0.2, 0.25) is 0 Å². The largest absolute Gasteiger partial charge is 0.342 e. The van der Waals surface area contributed by atoms with Gasteiger partial charge in [0.2, 0.25) is 5.91 Å². The molecule has 1 aromatic heterocycles. The Morgan fingerprint density at radius 2 is 1.76 bits per heavy atom. The van der Waals surface area contributed by atoms with Crippen LogP contribution in [0.5, 0.6) is 0 Å². The molecule has 1 unspecified atom stereocenters. The molecular weight excluding hydrogens is 319 g/mol. The van der Waals surface area contributed by atoms with Crippen molar-refractivity contribution in [3.63, 3.8) is 0 Å². The molecule has 5 nitrogen and oxygen atoms in total. The molecule has 0 N–H and O–H groups in total. The van der Waals surface area contributed by atoms with Crippen LogP contribution in [0.1, 0.15) is 44.7 Å². The molecule has 1 amide bonds. The van der Waals surface area contributed by atoms with Crippen molar-refractivity contribution in [3.05, 3.63) is 48.3 Å². The number of benzene rings is 1. The lowest BCUT2D eigenvalue weighted by atomic mass is 9.85. The van der Waals surface area contributed by atoms with Crippen LogP contribution in [0.15, 0.2) is 36.9 Å². The summed E-state index contributed by atoms with van der Waals surface area (Å²) < 4.78 is 16.5. The molecule has 2 aliphatic rings. The maximum atomic E-state index is 14.5. The third-order valence-corrected chi connectivity index (χ3v) is 6.05. The summed E-state index contributed by atoms with van der Waals surface area (Å²) in [6, 6.07) is 7.05. The van der Waals surface area contributed by atoms with E-state index in [-0.39, 0.29) is 17.1 Å². The molecule has 132 valence electrons. The number of carbonyl (C=O) groups is 1. The Bertz CT molecular complexity index is 780. The smallest absolute Gasteiger partial charge is 0.233 e. The van der Waals surface area contributed by atoms with E-state index in [4.69, 9.17) is 0 Å². The molecule has 1 saturated carbocycles. The minimum Gasteiger partial charge on any atom is -0.342 e. The third kappa shape index (κ3) is 2.46. The zero-order chi connectivity index (χ0) is 17.7. The molecule has 1 aromatic carbocycles. The summed E-state index contributed by atoms with van der Waals surface area (Å²) in [6.45, 7) is 5.49. The summed E-state index contributed by atoms with van der Waals surface area (Å²) in [4.78, 5) is 15.3. The van der Waals surface area contributed by atoms with Crippen LogP contribution >= 0.6 is 0 Å². The maximum Gasteiger partial charge on any atom is 0.233 e. The van der Waals surface area contributed by atoms with Crippen molar-refractivity contribution in [3.8, 4) is 0 Å². The number of halogens is 1. The maximum absolute atomic E-state index is 14.5. The highest BCUT2D eigenvalue weighted by Gasteiger charge is 2.68. The number of amides is 1. The highest BCUT2D eigenvalue weighted by Crippen LogP contribution is 2.65. The normalized spacial score (nSPS) is 25.8. The first-order chi connectivity index (χ1) is 12.0. The topological polar surface area (TPSA) is 51.0 Å². The number of hydrogen-bond donors (Lipinski definition) is 0. The Morgan fingerprint density at radius 1 is 1.16 bits per heavy atom. The second-order valence-electron chi connectivity index (χ2n) is 7.88. The second-order valence-corrected chi connectivity index (χ2v) is 7.88. The number of aromatic nitrogens is 3. The average molecular weight is 342 g/mol.